The van der Waals surface area contributed by atoms with Gasteiger partial charge in [-0.3, -0.25) is 0 Å². The standard InChI is InChI=1S/C16H13ClF3N5S/c17-11-5-9(1-2-10(11)16(18,19)20)13-6-14(25-8-24-13)23-7-12(21)15-22-3-4-26-15/h1-6,8,12H,7,21H2,(H,23,24,25). The van der Waals surface area contributed by atoms with Crippen LogP contribution in [0.2, 0.25) is 5.02 Å². The molecule has 0 fully saturated rings. The zero-order chi connectivity index (χ0) is 18.7. The van der Waals surface area contributed by atoms with Gasteiger partial charge in [-0.25, -0.2) is 15.0 Å². The number of nitrogens with two attached hydrogens (primary N) is 1. The van der Waals surface area contributed by atoms with E-state index in [2.05, 4.69) is 20.3 Å². The van der Waals surface area contributed by atoms with Gasteiger partial charge in [0.15, 0.2) is 0 Å². The molecule has 3 aromatic rings. The lowest BCUT2D eigenvalue weighted by Gasteiger charge is -2.12. The zero-order valence-electron chi connectivity index (χ0n) is 13.2. The first kappa shape index (κ1) is 18.6. The van der Waals surface area contributed by atoms with E-state index < -0.39 is 11.7 Å². The Bertz CT molecular complexity index is 886. The number of hydrogen-bond acceptors (Lipinski definition) is 6. The first-order valence-corrected chi connectivity index (χ1v) is 8.68. The highest BCUT2D eigenvalue weighted by molar-refractivity contribution is 7.09. The number of aromatic nitrogens is 3. The largest absolute Gasteiger partial charge is 0.417 e. The number of nitrogens with one attached hydrogen (secondary N) is 1. The van der Waals surface area contributed by atoms with Crippen molar-refractivity contribution in [3.05, 3.63) is 57.8 Å². The molecule has 3 N–H and O–H groups in total. The van der Waals surface area contributed by atoms with E-state index in [4.69, 9.17) is 17.3 Å². The van der Waals surface area contributed by atoms with Gasteiger partial charge in [0.05, 0.1) is 22.3 Å². The van der Waals surface area contributed by atoms with Crippen molar-refractivity contribution in [3.8, 4) is 11.3 Å². The summed E-state index contributed by atoms with van der Waals surface area (Å²) in [4.78, 5) is 12.3. The molecule has 1 aromatic carbocycles. The summed E-state index contributed by atoms with van der Waals surface area (Å²) >= 11 is 7.22. The normalized spacial score (nSPS) is 12.8. The third-order valence-electron chi connectivity index (χ3n) is 3.51. The predicted octanol–water partition coefficient (Wildman–Crippen LogP) is 4.38. The van der Waals surface area contributed by atoms with Gasteiger partial charge in [0, 0.05) is 29.8 Å². The molecule has 3 rings (SSSR count). The Labute approximate surface area is 156 Å². The average molecular weight is 400 g/mol. The van der Waals surface area contributed by atoms with Gasteiger partial charge in [-0.05, 0) is 12.1 Å². The minimum Gasteiger partial charge on any atom is -0.368 e. The van der Waals surface area contributed by atoms with E-state index in [1.807, 2.05) is 5.38 Å². The van der Waals surface area contributed by atoms with Crippen LogP contribution in [0.1, 0.15) is 16.6 Å². The number of thiazole rings is 1. The molecule has 1 atom stereocenters. The van der Waals surface area contributed by atoms with E-state index in [-0.39, 0.29) is 11.1 Å². The van der Waals surface area contributed by atoms with Gasteiger partial charge in [-0.15, -0.1) is 11.3 Å². The average Bonchev–Trinajstić information content (AvgIpc) is 3.13. The Morgan fingerprint density at radius 1 is 1.19 bits per heavy atom. The van der Waals surface area contributed by atoms with Gasteiger partial charge < -0.3 is 11.1 Å². The van der Waals surface area contributed by atoms with E-state index in [0.29, 0.717) is 23.6 Å². The van der Waals surface area contributed by atoms with Crippen LogP contribution in [0.3, 0.4) is 0 Å². The molecule has 2 aromatic heterocycles. The van der Waals surface area contributed by atoms with Crippen molar-refractivity contribution in [2.24, 2.45) is 5.73 Å². The maximum absolute atomic E-state index is 12.8. The summed E-state index contributed by atoms with van der Waals surface area (Å²) in [6.07, 6.45) is -1.50. The second kappa shape index (κ2) is 7.56. The summed E-state index contributed by atoms with van der Waals surface area (Å²) in [5, 5.41) is 5.32. The molecule has 26 heavy (non-hydrogen) atoms. The molecule has 0 bridgehead atoms. The van der Waals surface area contributed by atoms with Crippen molar-refractivity contribution in [1.29, 1.82) is 0 Å². The Hall–Kier alpha value is -2.23. The Morgan fingerprint density at radius 2 is 2.00 bits per heavy atom. The third kappa shape index (κ3) is 4.29. The highest BCUT2D eigenvalue weighted by atomic mass is 35.5. The van der Waals surface area contributed by atoms with Crippen molar-refractivity contribution in [1.82, 2.24) is 15.0 Å². The van der Waals surface area contributed by atoms with E-state index >= 15 is 0 Å². The summed E-state index contributed by atoms with van der Waals surface area (Å²) in [5.41, 5.74) is 6.05. The molecule has 0 radical (unpaired) electrons. The first-order valence-electron chi connectivity index (χ1n) is 7.42. The molecule has 0 saturated heterocycles. The molecule has 0 saturated carbocycles. The van der Waals surface area contributed by atoms with Crippen LogP contribution in [0.25, 0.3) is 11.3 Å². The quantitative estimate of drug-likeness (QED) is 0.665. The van der Waals surface area contributed by atoms with E-state index in [0.717, 1.165) is 11.1 Å². The SMILES string of the molecule is NC(CNc1cc(-c2ccc(C(F)(F)F)c(Cl)c2)ncn1)c1nccs1. The second-order valence-electron chi connectivity index (χ2n) is 5.34. The van der Waals surface area contributed by atoms with Crippen molar-refractivity contribution in [2.45, 2.75) is 12.2 Å². The van der Waals surface area contributed by atoms with Gasteiger partial charge in [0.1, 0.15) is 17.2 Å². The Kier molecular flexibility index (Phi) is 5.40. The van der Waals surface area contributed by atoms with Crippen LogP contribution in [0, 0.1) is 0 Å². The van der Waals surface area contributed by atoms with Crippen molar-refractivity contribution >= 4 is 28.8 Å². The highest BCUT2D eigenvalue weighted by Gasteiger charge is 2.33. The summed E-state index contributed by atoms with van der Waals surface area (Å²) in [7, 11) is 0. The van der Waals surface area contributed by atoms with Crippen LogP contribution in [-0.4, -0.2) is 21.5 Å². The van der Waals surface area contributed by atoms with E-state index in [1.165, 1.54) is 29.8 Å². The maximum atomic E-state index is 12.8. The topological polar surface area (TPSA) is 76.7 Å². The first-order chi connectivity index (χ1) is 12.3. The Balaban J connectivity index is 1.76. The van der Waals surface area contributed by atoms with Crippen LogP contribution in [0.5, 0.6) is 0 Å². The van der Waals surface area contributed by atoms with Crippen LogP contribution in [-0.2, 0) is 6.18 Å². The minimum absolute atomic E-state index is 0.297. The summed E-state index contributed by atoms with van der Waals surface area (Å²) < 4.78 is 38.4. The number of rotatable bonds is 5. The molecule has 2 heterocycles. The number of alkyl halides is 3. The van der Waals surface area contributed by atoms with E-state index in [9.17, 15) is 13.2 Å². The van der Waals surface area contributed by atoms with Crippen LogP contribution >= 0.6 is 22.9 Å². The Morgan fingerprint density at radius 3 is 2.65 bits per heavy atom. The molecule has 0 aliphatic rings. The van der Waals surface area contributed by atoms with Gasteiger partial charge >= 0.3 is 6.18 Å². The molecule has 0 aliphatic carbocycles. The molecule has 10 heteroatoms. The van der Waals surface area contributed by atoms with Crippen LogP contribution < -0.4 is 11.1 Å². The minimum atomic E-state index is -4.50. The molecule has 136 valence electrons. The summed E-state index contributed by atoms with van der Waals surface area (Å²) in [6, 6.07) is 4.81. The second-order valence-corrected chi connectivity index (χ2v) is 6.67. The number of nitrogens with zero attached hydrogens (tertiary/aromatic N) is 3. The molecule has 1 unspecified atom stereocenters. The molecule has 0 spiro atoms. The van der Waals surface area contributed by atoms with Crippen molar-refractivity contribution in [2.75, 3.05) is 11.9 Å². The molecule has 5 nitrogen and oxygen atoms in total. The molecule has 0 aliphatic heterocycles. The van der Waals surface area contributed by atoms with Crippen molar-refractivity contribution in [3.63, 3.8) is 0 Å². The number of hydrogen-bond donors (Lipinski definition) is 2. The lowest BCUT2D eigenvalue weighted by Crippen LogP contribution is -2.20. The lowest BCUT2D eigenvalue weighted by molar-refractivity contribution is -0.137. The fraction of sp³-hybridized carbons (Fsp3) is 0.188. The molecule has 0 amide bonds. The van der Waals surface area contributed by atoms with Crippen LogP contribution in [0.15, 0.2) is 42.2 Å². The van der Waals surface area contributed by atoms with Crippen molar-refractivity contribution < 1.29 is 13.2 Å². The van der Waals surface area contributed by atoms with Gasteiger partial charge in [-0.1, -0.05) is 17.7 Å². The van der Waals surface area contributed by atoms with Gasteiger partial charge in [0.2, 0.25) is 0 Å². The van der Waals surface area contributed by atoms with Gasteiger partial charge in [-0.2, -0.15) is 13.2 Å². The number of anilines is 1. The fourth-order valence-electron chi connectivity index (χ4n) is 2.24. The maximum Gasteiger partial charge on any atom is 0.417 e. The summed E-state index contributed by atoms with van der Waals surface area (Å²) in [6.45, 7) is 0.401. The highest BCUT2D eigenvalue weighted by Crippen LogP contribution is 2.36. The number of halogens is 4. The predicted molar refractivity (Wildman–Crippen MR) is 95.0 cm³/mol. The number of benzene rings is 1. The smallest absolute Gasteiger partial charge is 0.368 e. The zero-order valence-corrected chi connectivity index (χ0v) is 14.7. The molecular formula is C16H13ClF3N5S. The fourth-order valence-corrected chi connectivity index (χ4v) is 3.16. The third-order valence-corrected chi connectivity index (χ3v) is 4.73. The summed E-state index contributed by atoms with van der Waals surface area (Å²) in [5.74, 6) is 0.498. The van der Waals surface area contributed by atoms with E-state index in [1.54, 1.807) is 12.3 Å². The monoisotopic (exact) mass is 399 g/mol. The van der Waals surface area contributed by atoms with Gasteiger partial charge in [0.25, 0.3) is 0 Å². The molecular weight excluding hydrogens is 387 g/mol. The van der Waals surface area contributed by atoms with Crippen LogP contribution in [0.4, 0.5) is 19.0 Å². The lowest BCUT2D eigenvalue weighted by atomic mass is 10.1.